The van der Waals surface area contributed by atoms with Gasteiger partial charge in [-0.05, 0) is 35.8 Å². The molecule has 0 aliphatic heterocycles. The molecule has 0 aliphatic carbocycles. The van der Waals surface area contributed by atoms with Crippen LogP contribution in [0, 0.1) is 0 Å². The van der Waals surface area contributed by atoms with E-state index in [-0.39, 0.29) is 6.54 Å². The van der Waals surface area contributed by atoms with Crippen LogP contribution < -0.4 is 16.2 Å². The molecule has 128 valence electrons. The van der Waals surface area contributed by atoms with Crippen molar-refractivity contribution in [2.24, 2.45) is 0 Å². The lowest BCUT2D eigenvalue weighted by atomic mass is 10.1. The van der Waals surface area contributed by atoms with Gasteiger partial charge < -0.3 is 9.26 Å². The first-order valence-corrected chi connectivity index (χ1v) is 7.86. The standard InChI is InChI=1S/C19H18N2O4/c1-14(10-11-21-18(22)20-19(23)25-21)16-8-5-9-17(12-16)24-13-15-6-3-2-4-7-15/h2-10,12H,11,13H2,1H3,(H,20,22,23)/b14-10+. The number of aromatic nitrogens is 2. The van der Waals surface area contributed by atoms with Crippen LogP contribution in [0.15, 0.2) is 74.8 Å². The molecule has 1 N–H and O–H groups in total. The van der Waals surface area contributed by atoms with Gasteiger partial charge in [0.05, 0.1) is 6.54 Å². The number of allylic oxidation sites excluding steroid dienone is 2. The highest BCUT2D eigenvalue weighted by atomic mass is 16.5. The second kappa shape index (κ2) is 7.53. The lowest BCUT2D eigenvalue weighted by molar-refractivity contribution is 0.261. The summed E-state index contributed by atoms with van der Waals surface area (Å²) in [7, 11) is 0. The van der Waals surface area contributed by atoms with E-state index in [0.29, 0.717) is 6.61 Å². The van der Waals surface area contributed by atoms with Crippen LogP contribution in [0.3, 0.4) is 0 Å². The summed E-state index contributed by atoms with van der Waals surface area (Å²) < 4.78 is 11.5. The lowest BCUT2D eigenvalue weighted by Gasteiger charge is -2.08. The molecule has 1 heterocycles. The fraction of sp³-hybridized carbons (Fsp3) is 0.158. The zero-order valence-electron chi connectivity index (χ0n) is 13.8. The molecule has 25 heavy (non-hydrogen) atoms. The molecule has 0 unspecified atom stereocenters. The summed E-state index contributed by atoms with van der Waals surface area (Å²) in [5.41, 5.74) is 2.45. The van der Waals surface area contributed by atoms with Gasteiger partial charge in [0.1, 0.15) is 12.4 Å². The van der Waals surface area contributed by atoms with Gasteiger partial charge in [-0.25, -0.2) is 14.6 Å². The Morgan fingerprint density at radius 2 is 1.96 bits per heavy atom. The Morgan fingerprint density at radius 1 is 1.16 bits per heavy atom. The minimum Gasteiger partial charge on any atom is -0.489 e. The van der Waals surface area contributed by atoms with Gasteiger partial charge in [-0.3, -0.25) is 0 Å². The zero-order chi connectivity index (χ0) is 17.6. The average Bonchev–Trinajstić information content (AvgIpc) is 2.96. The van der Waals surface area contributed by atoms with Crippen molar-refractivity contribution in [3.63, 3.8) is 0 Å². The highest BCUT2D eigenvalue weighted by Crippen LogP contribution is 2.21. The Hall–Kier alpha value is -3.28. The van der Waals surface area contributed by atoms with Crippen LogP contribution in [0.2, 0.25) is 0 Å². The van der Waals surface area contributed by atoms with E-state index in [1.165, 1.54) is 0 Å². The van der Waals surface area contributed by atoms with Gasteiger partial charge in [-0.1, -0.05) is 48.5 Å². The summed E-state index contributed by atoms with van der Waals surface area (Å²) in [6, 6.07) is 17.6. The summed E-state index contributed by atoms with van der Waals surface area (Å²) in [4.78, 5) is 24.5. The normalized spacial score (nSPS) is 11.5. The summed E-state index contributed by atoms with van der Waals surface area (Å²) >= 11 is 0. The molecule has 0 spiro atoms. The first-order valence-electron chi connectivity index (χ1n) is 7.86. The maximum Gasteiger partial charge on any atom is 0.440 e. The van der Waals surface area contributed by atoms with Crippen molar-refractivity contribution in [2.45, 2.75) is 20.1 Å². The predicted molar refractivity (Wildman–Crippen MR) is 94.5 cm³/mol. The van der Waals surface area contributed by atoms with E-state index < -0.39 is 11.4 Å². The molecule has 6 heteroatoms. The smallest absolute Gasteiger partial charge is 0.440 e. The van der Waals surface area contributed by atoms with Crippen LogP contribution in [0.4, 0.5) is 0 Å². The number of hydrogen-bond donors (Lipinski definition) is 1. The third kappa shape index (κ3) is 4.38. The fourth-order valence-corrected chi connectivity index (χ4v) is 2.34. The van der Waals surface area contributed by atoms with E-state index in [2.05, 4.69) is 0 Å². The zero-order valence-corrected chi connectivity index (χ0v) is 13.8. The van der Waals surface area contributed by atoms with Gasteiger partial charge >= 0.3 is 11.4 Å². The second-order valence-electron chi connectivity index (χ2n) is 5.56. The second-order valence-corrected chi connectivity index (χ2v) is 5.56. The van der Waals surface area contributed by atoms with Crippen molar-refractivity contribution in [3.8, 4) is 5.75 Å². The third-order valence-corrected chi connectivity index (χ3v) is 3.73. The number of aromatic amines is 1. The van der Waals surface area contributed by atoms with Crippen molar-refractivity contribution in [1.29, 1.82) is 0 Å². The summed E-state index contributed by atoms with van der Waals surface area (Å²) in [5.74, 6) is 0.00630. The number of nitrogens with zero attached hydrogens (tertiary/aromatic N) is 1. The number of rotatable bonds is 6. The first-order chi connectivity index (χ1) is 12.1. The maximum atomic E-state index is 11.4. The van der Waals surface area contributed by atoms with Crippen LogP contribution in [0.5, 0.6) is 5.75 Å². The molecular formula is C19H18N2O4. The van der Waals surface area contributed by atoms with E-state index in [1.54, 1.807) is 0 Å². The van der Waals surface area contributed by atoms with Gasteiger partial charge in [-0.15, -0.1) is 4.74 Å². The molecule has 6 nitrogen and oxygen atoms in total. The van der Waals surface area contributed by atoms with E-state index in [1.807, 2.05) is 72.6 Å². The highest BCUT2D eigenvalue weighted by Gasteiger charge is 2.03. The molecule has 0 radical (unpaired) electrons. The molecule has 0 saturated carbocycles. The molecule has 0 fully saturated rings. The monoisotopic (exact) mass is 338 g/mol. The van der Waals surface area contributed by atoms with Gasteiger partial charge in [-0.2, -0.15) is 0 Å². The van der Waals surface area contributed by atoms with Crippen LogP contribution in [-0.4, -0.2) is 9.72 Å². The van der Waals surface area contributed by atoms with Crippen LogP contribution in [0.1, 0.15) is 18.1 Å². The molecular weight excluding hydrogens is 320 g/mol. The number of benzene rings is 2. The third-order valence-electron chi connectivity index (χ3n) is 3.73. The summed E-state index contributed by atoms with van der Waals surface area (Å²) in [6.07, 6.45) is 1.81. The molecule has 0 saturated heterocycles. The molecule has 0 atom stereocenters. The molecule has 1 aromatic heterocycles. The maximum absolute atomic E-state index is 11.4. The predicted octanol–water partition coefficient (Wildman–Crippen LogP) is 2.81. The van der Waals surface area contributed by atoms with E-state index in [0.717, 1.165) is 27.2 Å². The topological polar surface area (TPSA) is 77.2 Å². The van der Waals surface area contributed by atoms with Crippen LogP contribution >= 0.6 is 0 Å². The SMILES string of the molecule is C/C(=C\Cn1oc(=O)[nH]c1=O)c1cccc(OCc2ccccc2)c1. The Kier molecular flexibility index (Phi) is 4.99. The Labute approximate surface area is 144 Å². The number of H-pyrrole nitrogens is 1. The van der Waals surface area contributed by atoms with Crippen molar-refractivity contribution in [2.75, 3.05) is 0 Å². The first kappa shape index (κ1) is 16.6. The quantitative estimate of drug-likeness (QED) is 0.750. The highest BCUT2D eigenvalue weighted by molar-refractivity contribution is 5.64. The van der Waals surface area contributed by atoms with Gasteiger partial charge in [0.15, 0.2) is 0 Å². The molecule has 2 aromatic carbocycles. The van der Waals surface area contributed by atoms with E-state index >= 15 is 0 Å². The van der Waals surface area contributed by atoms with Gasteiger partial charge in [0.2, 0.25) is 0 Å². The summed E-state index contributed by atoms with van der Waals surface area (Å²) in [6.45, 7) is 2.60. The molecule has 3 aromatic rings. The Balaban J connectivity index is 1.69. The minimum atomic E-state index is -0.757. The lowest BCUT2D eigenvalue weighted by Crippen LogP contribution is -2.15. The van der Waals surface area contributed by atoms with Crippen molar-refractivity contribution in [1.82, 2.24) is 9.72 Å². The van der Waals surface area contributed by atoms with Crippen molar-refractivity contribution < 1.29 is 9.26 Å². The Morgan fingerprint density at radius 3 is 2.68 bits per heavy atom. The number of nitrogens with one attached hydrogen (secondary N) is 1. The molecule has 0 bridgehead atoms. The van der Waals surface area contributed by atoms with E-state index in [4.69, 9.17) is 9.26 Å². The van der Waals surface area contributed by atoms with Gasteiger partial charge in [0.25, 0.3) is 0 Å². The largest absolute Gasteiger partial charge is 0.489 e. The van der Waals surface area contributed by atoms with Crippen LogP contribution in [-0.2, 0) is 13.2 Å². The summed E-state index contributed by atoms with van der Waals surface area (Å²) in [5, 5.41) is 0. The van der Waals surface area contributed by atoms with Crippen LogP contribution in [0.25, 0.3) is 5.57 Å². The van der Waals surface area contributed by atoms with Crippen molar-refractivity contribution >= 4 is 5.57 Å². The fourth-order valence-electron chi connectivity index (χ4n) is 2.34. The molecule has 0 aliphatic rings. The molecule has 3 rings (SSSR count). The number of hydrogen-bond acceptors (Lipinski definition) is 4. The van der Waals surface area contributed by atoms with E-state index in [9.17, 15) is 9.59 Å². The molecule has 0 amide bonds. The van der Waals surface area contributed by atoms with Crippen molar-refractivity contribution in [3.05, 3.63) is 92.8 Å². The average molecular weight is 338 g/mol. The minimum absolute atomic E-state index is 0.179. The van der Waals surface area contributed by atoms with Gasteiger partial charge in [0, 0.05) is 0 Å². The Bertz CT molecular complexity index is 980. The number of ether oxygens (including phenoxy) is 1.